The maximum atomic E-state index is 13.5. The molecule has 10 nitrogen and oxygen atoms in total. The van der Waals surface area contributed by atoms with Gasteiger partial charge in [-0.2, -0.15) is 0 Å². The van der Waals surface area contributed by atoms with Gasteiger partial charge in [-0.15, -0.1) is 0 Å². The number of carbonyl (C=O) groups is 3. The van der Waals surface area contributed by atoms with E-state index >= 15 is 0 Å². The zero-order valence-corrected chi connectivity index (χ0v) is 24.7. The molecule has 0 spiro atoms. The number of aliphatic hydroxyl groups is 1. The molecule has 1 aliphatic rings. The highest BCUT2D eigenvalue weighted by molar-refractivity contribution is 7.99. The molecule has 2 atom stereocenters. The monoisotopic (exact) mass is 564 g/mol. The summed E-state index contributed by atoms with van der Waals surface area (Å²) in [5, 5.41) is 16.9. The number of hydrogen-bond acceptors (Lipinski definition) is 7. The number of nitrogens with one attached hydrogen (secondary N) is 3. The van der Waals surface area contributed by atoms with E-state index in [1.165, 1.54) is 18.2 Å². The van der Waals surface area contributed by atoms with Crippen LogP contribution in [0.1, 0.15) is 87.1 Å². The molecule has 11 heteroatoms. The second-order valence-electron chi connectivity index (χ2n) is 10.9. The topological polar surface area (TPSA) is 145 Å². The van der Waals surface area contributed by atoms with Crippen LogP contribution < -0.4 is 15.4 Å². The lowest BCUT2D eigenvalue weighted by Crippen LogP contribution is -2.48. The molecule has 1 aromatic rings. The van der Waals surface area contributed by atoms with Crippen LogP contribution in [0.25, 0.3) is 4.91 Å². The fourth-order valence-corrected chi connectivity index (χ4v) is 5.57. The average Bonchev–Trinajstić information content (AvgIpc) is 3.13. The smallest absolute Gasteiger partial charge is 0.265 e. The fraction of sp³-hybridized carbons (Fsp3) is 0.607. The second-order valence-corrected chi connectivity index (χ2v) is 12.5. The highest BCUT2D eigenvalue weighted by Gasteiger charge is 2.31. The number of aliphatic hydroxyl groups excluding tert-OH is 1. The predicted octanol–water partition coefficient (Wildman–Crippen LogP) is 2.50. The van der Waals surface area contributed by atoms with Gasteiger partial charge in [0.2, 0.25) is 0 Å². The highest BCUT2D eigenvalue weighted by atomic mass is 32.2. The fourth-order valence-electron chi connectivity index (χ4n) is 4.45. The van der Waals surface area contributed by atoms with Gasteiger partial charge in [0.05, 0.1) is 12.1 Å². The van der Waals surface area contributed by atoms with E-state index in [1.807, 2.05) is 32.4 Å². The van der Waals surface area contributed by atoms with Crippen molar-refractivity contribution in [3.05, 3.63) is 41.0 Å². The van der Waals surface area contributed by atoms with Gasteiger partial charge in [-0.05, 0) is 61.4 Å². The molecule has 0 radical (unpaired) electrons. The van der Waals surface area contributed by atoms with Crippen molar-refractivity contribution in [3.8, 4) is 0 Å². The molecule has 1 aromatic carbocycles. The molecule has 1 heterocycles. The Hall–Kier alpha value is -2.76. The molecule has 1 aliphatic heterocycles. The van der Waals surface area contributed by atoms with E-state index in [1.54, 1.807) is 4.90 Å². The minimum Gasteiger partial charge on any atom is -0.390 e. The van der Waals surface area contributed by atoms with Crippen molar-refractivity contribution in [2.75, 3.05) is 26.2 Å². The number of rotatable bonds is 15. The van der Waals surface area contributed by atoms with Gasteiger partial charge in [0.25, 0.3) is 27.7 Å². The summed E-state index contributed by atoms with van der Waals surface area (Å²) < 4.78 is 27.1. The van der Waals surface area contributed by atoms with Gasteiger partial charge in [0, 0.05) is 36.8 Å². The molecule has 0 saturated heterocycles. The van der Waals surface area contributed by atoms with Crippen molar-refractivity contribution in [1.82, 2.24) is 20.3 Å². The first-order valence-electron chi connectivity index (χ1n) is 13.7. The summed E-state index contributed by atoms with van der Waals surface area (Å²) in [4.78, 5) is 40.1. The molecule has 3 amide bonds. The highest BCUT2D eigenvalue weighted by Crippen LogP contribution is 2.27. The van der Waals surface area contributed by atoms with Crippen LogP contribution in [0.4, 0.5) is 0 Å². The number of benzene rings is 1. The van der Waals surface area contributed by atoms with Gasteiger partial charge < -0.3 is 20.6 Å². The SMILES string of the molecule is CCCN(CCC)C(=O)c1cc(C(=O)N[C@@H](CC(C)C)[C@H](O)CNCC(C)C)cc(C2=CC(=O)NS2(=O)=O)c1. The van der Waals surface area contributed by atoms with Crippen molar-refractivity contribution in [2.45, 2.75) is 73.0 Å². The van der Waals surface area contributed by atoms with E-state index < -0.39 is 34.0 Å². The third-order valence-electron chi connectivity index (χ3n) is 6.20. The summed E-state index contributed by atoms with van der Waals surface area (Å²) in [6.07, 6.45) is 2.07. The van der Waals surface area contributed by atoms with Crippen molar-refractivity contribution >= 4 is 32.6 Å². The summed E-state index contributed by atoms with van der Waals surface area (Å²) in [5.74, 6) is -1.09. The number of carbonyl (C=O) groups excluding carboxylic acids is 3. The maximum Gasteiger partial charge on any atom is 0.265 e. The van der Waals surface area contributed by atoms with Crippen LogP contribution in [0.3, 0.4) is 0 Å². The largest absolute Gasteiger partial charge is 0.390 e. The Bertz CT molecular complexity index is 1160. The van der Waals surface area contributed by atoms with Crippen LogP contribution >= 0.6 is 0 Å². The molecular formula is C28H44N4O6S. The average molecular weight is 565 g/mol. The molecular weight excluding hydrogens is 520 g/mol. The van der Waals surface area contributed by atoms with E-state index in [4.69, 9.17) is 0 Å². The number of sulfonamides is 1. The van der Waals surface area contributed by atoms with Crippen LogP contribution in [0.2, 0.25) is 0 Å². The molecule has 0 aliphatic carbocycles. The van der Waals surface area contributed by atoms with Crippen LogP contribution in [0, 0.1) is 11.8 Å². The van der Waals surface area contributed by atoms with Gasteiger partial charge in [0.15, 0.2) is 0 Å². The molecule has 0 bridgehead atoms. The molecule has 2 rings (SSSR count). The number of amides is 3. The first-order chi connectivity index (χ1) is 18.3. The van der Waals surface area contributed by atoms with Gasteiger partial charge in [0.1, 0.15) is 4.91 Å². The van der Waals surface area contributed by atoms with Crippen LogP contribution in [-0.2, 0) is 14.8 Å². The van der Waals surface area contributed by atoms with Gasteiger partial charge in [-0.25, -0.2) is 13.1 Å². The van der Waals surface area contributed by atoms with E-state index in [0.717, 1.165) is 25.5 Å². The van der Waals surface area contributed by atoms with E-state index in [0.29, 0.717) is 32.0 Å². The summed E-state index contributed by atoms with van der Waals surface area (Å²) >= 11 is 0. The molecule has 39 heavy (non-hydrogen) atoms. The van der Waals surface area contributed by atoms with Gasteiger partial charge in [-0.3, -0.25) is 14.4 Å². The third kappa shape index (κ3) is 9.44. The van der Waals surface area contributed by atoms with Crippen molar-refractivity contribution in [3.63, 3.8) is 0 Å². The molecule has 4 N–H and O–H groups in total. The third-order valence-corrected chi connectivity index (χ3v) is 7.60. The van der Waals surface area contributed by atoms with Crippen molar-refractivity contribution in [2.24, 2.45) is 11.8 Å². The predicted molar refractivity (Wildman–Crippen MR) is 152 cm³/mol. The van der Waals surface area contributed by atoms with Crippen molar-refractivity contribution < 1.29 is 27.9 Å². The first-order valence-corrected chi connectivity index (χ1v) is 15.2. The van der Waals surface area contributed by atoms with Crippen LogP contribution in [0.5, 0.6) is 0 Å². The standard InChI is InChI=1S/C28H44N4O6S/c1-7-9-32(10-8-2)28(36)22-13-20(25-15-26(34)31-39(25,37)38)12-21(14-22)27(35)30-23(11-18(3)4)24(33)17-29-16-19(5)6/h12-15,18-19,23-24,29,33H,7-11,16-17H2,1-6H3,(H,30,35)(H,31,34)/t23-,24+/m0/s1. The molecule has 0 saturated carbocycles. The van der Waals surface area contributed by atoms with E-state index in [9.17, 15) is 27.9 Å². The van der Waals surface area contributed by atoms with Gasteiger partial charge >= 0.3 is 0 Å². The molecule has 0 fully saturated rings. The normalized spacial score (nSPS) is 16.1. The number of nitrogens with zero attached hydrogens (tertiary/aromatic N) is 1. The summed E-state index contributed by atoms with van der Waals surface area (Å²) in [5.41, 5.74) is 0.279. The Balaban J connectivity index is 2.49. The Morgan fingerprint density at radius 2 is 1.59 bits per heavy atom. The summed E-state index contributed by atoms with van der Waals surface area (Å²) in [6, 6.07) is 3.62. The summed E-state index contributed by atoms with van der Waals surface area (Å²) in [7, 11) is -4.13. The van der Waals surface area contributed by atoms with E-state index in [2.05, 4.69) is 24.5 Å². The Morgan fingerprint density at radius 3 is 2.10 bits per heavy atom. The Morgan fingerprint density at radius 1 is 0.974 bits per heavy atom. The van der Waals surface area contributed by atoms with Crippen LogP contribution in [0.15, 0.2) is 24.3 Å². The minimum atomic E-state index is -4.13. The van der Waals surface area contributed by atoms with Crippen molar-refractivity contribution in [1.29, 1.82) is 0 Å². The maximum absolute atomic E-state index is 13.5. The summed E-state index contributed by atoms with van der Waals surface area (Å²) in [6.45, 7) is 14.0. The quantitative estimate of drug-likeness (QED) is 0.256. The Kier molecular flexibility index (Phi) is 12.1. The lowest BCUT2D eigenvalue weighted by atomic mass is 9.97. The Labute approximate surface area is 232 Å². The molecule has 218 valence electrons. The molecule has 0 aromatic heterocycles. The van der Waals surface area contributed by atoms with Crippen LogP contribution in [-0.4, -0.2) is 74.5 Å². The lowest BCUT2D eigenvalue weighted by Gasteiger charge is -2.27. The van der Waals surface area contributed by atoms with Gasteiger partial charge in [-0.1, -0.05) is 41.5 Å². The second kappa shape index (κ2) is 14.6. The zero-order chi connectivity index (χ0) is 29.3. The lowest BCUT2D eigenvalue weighted by molar-refractivity contribution is -0.114. The molecule has 0 unspecified atom stereocenters. The minimum absolute atomic E-state index is 0.0651. The zero-order valence-electron chi connectivity index (χ0n) is 23.9. The first kappa shape index (κ1) is 32.5. The number of hydrogen-bond donors (Lipinski definition) is 4. The van der Waals surface area contributed by atoms with E-state index in [-0.39, 0.29) is 33.4 Å².